The number of likely N-dealkylation sites (N-methyl/N-ethyl adjacent to an activating group) is 1. The molecule has 4 heteroatoms. The largest absolute Gasteiger partial charge is 0.361 e. The second-order valence-electron chi connectivity index (χ2n) is 10.5. The van der Waals surface area contributed by atoms with Crippen molar-refractivity contribution in [1.29, 1.82) is 0 Å². The summed E-state index contributed by atoms with van der Waals surface area (Å²) >= 11 is 0. The lowest BCUT2D eigenvalue weighted by molar-refractivity contribution is 0.0891. The molecule has 1 aliphatic heterocycles. The number of carbonyl (C=O) groups excluding carboxylic acids is 1. The van der Waals surface area contributed by atoms with Gasteiger partial charge in [0.2, 0.25) is 0 Å². The van der Waals surface area contributed by atoms with Gasteiger partial charge >= 0.3 is 0 Å². The molecule has 1 aromatic heterocycles. The number of nitrogens with zero attached hydrogens (tertiary/aromatic N) is 1. The van der Waals surface area contributed by atoms with Gasteiger partial charge in [-0.25, -0.2) is 0 Å². The smallest absolute Gasteiger partial charge is 0.251 e. The zero-order valence-electron chi connectivity index (χ0n) is 19.0. The van der Waals surface area contributed by atoms with E-state index in [0.29, 0.717) is 17.9 Å². The van der Waals surface area contributed by atoms with Gasteiger partial charge in [-0.15, -0.1) is 0 Å². The van der Waals surface area contributed by atoms with Crippen molar-refractivity contribution in [2.75, 3.05) is 20.1 Å². The lowest BCUT2D eigenvalue weighted by Gasteiger charge is -2.45. The summed E-state index contributed by atoms with van der Waals surface area (Å²) in [6.45, 7) is 8.62. The first-order chi connectivity index (χ1) is 14.8. The van der Waals surface area contributed by atoms with Gasteiger partial charge in [0.15, 0.2) is 0 Å². The third-order valence-electron chi connectivity index (χ3n) is 7.34. The Kier molecular flexibility index (Phi) is 4.93. The van der Waals surface area contributed by atoms with Crippen LogP contribution in [0.4, 0.5) is 0 Å². The van der Waals surface area contributed by atoms with Gasteiger partial charge in [-0.2, -0.15) is 0 Å². The lowest BCUT2D eigenvalue weighted by atomic mass is 9.71. The molecular weight excluding hydrogens is 382 g/mol. The van der Waals surface area contributed by atoms with E-state index in [4.69, 9.17) is 0 Å². The molecule has 1 fully saturated rings. The predicted molar refractivity (Wildman–Crippen MR) is 127 cm³/mol. The number of amides is 1. The minimum Gasteiger partial charge on any atom is -0.361 e. The van der Waals surface area contributed by atoms with Crippen molar-refractivity contribution in [2.24, 2.45) is 5.92 Å². The van der Waals surface area contributed by atoms with E-state index in [0.717, 1.165) is 31.5 Å². The zero-order valence-corrected chi connectivity index (χ0v) is 19.0. The number of fused-ring (bicyclic) bond motifs is 2. The number of likely N-dealkylation sites (tertiary alicyclic amines) is 1. The van der Waals surface area contributed by atoms with E-state index < -0.39 is 0 Å². The Balaban J connectivity index is 1.40. The van der Waals surface area contributed by atoms with Gasteiger partial charge in [0.05, 0.1) is 0 Å². The Labute approximate surface area is 185 Å². The van der Waals surface area contributed by atoms with Crippen molar-refractivity contribution in [3.8, 4) is 0 Å². The molecule has 5 rings (SSSR count). The molecule has 4 nitrogen and oxygen atoms in total. The number of benzene rings is 2. The number of aromatic nitrogens is 1. The Morgan fingerprint density at radius 1 is 1.16 bits per heavy atom. The van der Waals surface area contributed by atoms with Crippen LogP contribution in [0.25, 0.3) is 10.9 Å². The number of hydrogen-bond acceptors (Lipinski definition) is 2. The number of aromatic amines is 1. The number of piperidine rings is 1. The molecule has 3 atom stereocenters. The van der Waals surface area contributed by atoms with E-state index in [1.807, 2.05) is 30.3 Å². The van der Waals surface area contributed by atoms with Gasteiger partial charge in [-0.3, -0.25) is 4.79 Å². The molecule has 2 aromatic carbocycles. The molecule has 162 valence electrons. The van der Waals surface area contributed by atoms with Crippen molar-refractivity contribution in [3.05, 3.63) is 70.9 Å². The summed E-state index contributed by atoms with van der Waals surface area (Å²) in [5.41, 5.74) is 6.51. The molecular formula is C27H33N3O. The van der Waals surface area contributed by atoms with Crippen molar-refractivity contribution in [1.82, 2.24) is 15.2 Å². The van der Waals surface area contributed by atoms with Crippen molar-refractivity contribution in [3.63, 3.8) is 0 Å². The first-order valence-corrected chi connectivity index (χ1v) is 11.5. The average Bonchev–Trinajstić information content (AvgIpc) is 3.17. The predicted octanol–water partition coefficient (Wildman–Crippen LogP) is 4.86. The summed E-state index contributed by atoms with van der Waals surface area (Å²) < 4.78 is 0. The van der Waals surface area contributed by atoms with E-state index in [1.54, 1.807) is 0 Å². The van der Waals surface area contributed by atoms with Gasteiger partial charge in [0.1, 0.15) is 0 Å². The Hall–Kier alpha value is -2.59. The highest BCUT2D eigenvalue weighted by molar-refractivity contribution is 5.94. The first kappa shape index (κ1) is 20.3. The van der Waals surface area contributed by atoms with Gasteiger partial charge < -0.3 is 15.2 Å². The fourth-order valence-electron chi connectivity index (χ4n) is 5.82. The summed E-state index contributed by atoms with van der Waals surface area (Å²) in [5, 5.41) is 4.64. The van der Waals surface area contributed by atoms with E-state index >= 15 is 0 Å². The molecule has 1 saturated heterocycles. The van der Waals surface area contributed by atoms with E-state index in [-0.39, 0.29) is 11.3 Å². The van der Waals surface area contributed by atoms with Crippen LogP contribution in [0.3, 0.4) is 0 Å². The maximum absolute atomic E-state index is 12.5. The van der Waals surface area contributed by atoms with Crippen LogP contribution in [-0.2, 0) is 11.8 Å². The normalized spacial score (nSPS) is 23.5. The molecule has 0 spiro atoms. The molecule has 1 amide bonds. The Bertz CT molecular complexity index is 1110. The SMILES string of the molecule is CN1CC(CNC(=O)c2ccccc2)C[C@@H]2c3ccc(C(C)(C)C)c4[nH]cc(c34)C[C@H]21. The van der Waals surface area contributed by atoms with Crippen LogP contribution in [-0.4, -0.2) is 42.0 Å². The van der Waals surface area contributed by atoms with Gasteiger partial charge in [0.25, 0.3) is 5.91 Å². The molecule has 1 aliphatic carbocycles. The van der Waals surface area contributed by atoms with Crippen molar-refractivity contribution in [2.45, 2.75) is 51.0 Å². The summed E-state index contributed by atoms with van der Waals surface area (Å²) in [6, 6.07) is 14.8. The minimum atomic E-state index is 0.0267. The number of H-pyrrole nitrogens is 1. The molecule has 0 radical (unpaired) electrons. The zero-order chi connectivity index (χ0) is 21.8. The summed E-state index contributed by atoms with van der Waals surface area (Å²) in [5.74, 6) is 0.993. The van der Waals surface area contributed by atoms with E-state index in [9.17, 15) is 4.79 Å². The maximum atomic E-state index is 12.5. The van der Waals surface area contributed by atoms with Crippen LogP contribution < -0.4 is 5.32 Å². The second kappa shape index (κ2) is 7.52. The van der Waals surface area contributed by atoms with E-state index in [2.05, 4.69) is 61.3 Å². The highest BCUT2D eigenvalue weighted by Crippen LogP contribution is 2.46. The molecule has 0 bridgehead atoms. The van der Waals surface area contributed by atoms with Gasteiger partial charge in [0, 0.05) is 47.7 Å². The maximum Gasteiger partial charge on any atom is 0.251 e. The quantitative estimate of drug-likeness (QED) is 0.642. The summed E-state index contributed by atoms with van der Waals surface area (Å²) in [4.78, 5) is 18.7. The molecule has 2 aliphatic rings. The fourth-order valence-corrected chi connectivity index (χ4v) is 5.82. The van der Waals surface area contributed by atoms with Gasteiger partial charge in [-0.1, -0.05) is 51.1 Å². The van der Waals surface area contributed by atoms with Crippen LogP contribution in [0, 0.1) is 5.92 Å². The molecule has 2 heterocycles. The second-order valence-corrected chi connectivity index (χ2v) is 10.5. The van der Waals surface area contributed by atoms with Crippen molar-refractivity contribution < 1.29 is 4.79 Å². The van der Waals surface area contributed by atoms with Crippen LogP contribution >= 0.6 is 0 Å². The number of nitrogens with one attached hydrogen (secondary N) is 2. The van der Waals surface area contributed by atoms with Crippen LogP contribution in [0.1, 0.15) is 60.2 Å². The lowest BCUT2D eigenvalue weighted by Crippen LogP contribution is -2.50. The van der Waals surface area contributed by atoms with E-state index in [1.165, 1.54) is 27.6 Å². The molecule has 3 aromatic rings. The van der Waals surface area contributed by atoms with Crippen LogP contribution in [0.15, 0.2) is 48.7 Å². The standard InChI is InChI=1S/C27H33N3O/c1-27(2,3)22-11-10-20-21-12-17(14-29-26(31)18-8-6-5-7-9-18)16-30(4)23(21)13-19-15-28-25(22)24(19)20/h5-11,15,17,21,23,28H,12-14,16H2,1-4H3,(H,29,31)/t17?,21-,23-/m1/s1. The topological polar surface area (TPSA) is 48.1 Å². The molecule has 31 heavy (non-hydrogen) atoms. The van der Waals surface area contributed by atoms with Crippen LogP contribution in [0.2, 0.25) is 0 Å². The monoisotopic (exact) mass is 415 g/mol. The highest BCUT2D eigenvalue weighted by Gasteiger charge is 2.40. The summed E-state index contributed by atoms with van der Waals surface area (Å²) in [7, 11) is 2.25. The first-order valence-electron chi connectivity index (χ1n) is 11.5. The fraction of sp³-hybridized carbons (Fsp3) is 0.444. The molecule has 0 saturated carbocycles. The van der Waals surface area contributed by atoms with Crippen LogP contribution in [0.5, 0.6) is 0 Å². The third kappa shape index (κ3) is 3.57. The molecule has 1 unspecified atom stereocenters. The Morgan fingerprint density at radius 3 is 2.68 bits per heavy atom. The Morgan fingerprint density at radius 2 is 1.94 bits per heavy atom. The number of hydrogen-bond donors (Lipinski definition) is 2. The number of rotatable bonds is 3. The number of carbonyl (C=O) groups is 1. The highest BCUT2D eigenvalue weighted by atomic mass is 16.1. The minimum absolute atomic E-state index is 0.0267. The molecule has 2 N–H and O–H groups in total. The average molecular weight is 416 g/mol. The third-order valence-corrected chi connectivity index (χ3v) is 7.34. The van der Waals surface area contributed by atoms with Crippen molar-refractivity contribution >= 4 is 16.8 Å². The van der Waals surface area contributed by atoms with Gasteiger partial charge in [-0.05, 0) is 60.0 Å². The summed E-state index contributed by atoms with van der Waals surface area (Å²) in [6.07, 6.45) is 4.46.